The smallest absolute Gasteiger partial charge is 0.138 e. The molecular formula is C16H14ClNO. The van der Waals surface area contributed by atoms with Gasteiger partial charge in [0.15, 0.2) is 0 Å². The third-order valence-corrected chi connectivity index (χ3v) is 2.65. The van der Waals surface area contributed by atoms with Gasteiger partial charge in [0.05, 0.1) is 18.7 Å². The Bertz CT molecular complexity index is 572. The minimum Gasteiger partial charge on any atom is -0.492 e. The van der Waals surface area contributed by atoms with Crippen molar-refractivity contribution in [3.8, 4) is 17.6 Å². The number of aromatic nitrogens is 1. The van der Waals surface area contributed by atoms with Crippen molar-refractivity contribution in [2.45, 2.75) is 6.42 Å². The topological polar surface area (TPSA) is 22.1 Å². The summed E-state index contributed by atoms with van der Waals surface area (Å²) in [6, 6.07) is 12.1. The van der Waals surface area contributed by atoms with E-state index < -0.39 is 0 Å². The Hall–Kier alpha value is -1.98. The van der Waals surface area contributed by atoms with E-state index in [1.54, 1.807) is 12.4 Å². The van der Waals surface area contributed by atoms with Crippen molar-refractivity contribution in [3.63, 3.8) is 0 Å². The van der Waals surface area contributed by atoms with Gasteiger partial charge in [-0.2, -0.15) is 0 Å². The Labute approximate surface area is 118 Å². The van der Waals surface area contributed by atoms with Gasteiger partial charge in [-0.1, -0.05) is 42.2 Å². The summed E-state index contributed by atoms with van der Waals surface area (Å²) in [5.74, 6) is 6.76. The Balaban J connectivity index is 1.89. The predicted molar refractivity (Wildman–Crippen MR) is 77.5 cm³/mol. The fourth-order valence-corrected chi connectivity index (χ4v) is 1.70. The first kappa shape index (κ1) is 13.5. The van der Waals surface area contributed by atoms with Crippen LogP contribution in [0.2, 0.25) is 0 Å². The highest BCUT2D eigenvalue weighted by Gasteiger charge is 1.97. The molecule has 0 N–H and O–H groups in total. The third-order valence-electron chi connectivity index (χ3n) is 2.51. The maximum atomic E-state index is 5.67. The molecule has 0 aliphatic heterocycles. The van der Waals surface area contributed by atoms with Crippen LogP contribution in [0, 0.1) is 11.8 Å². The molecule has 1 heterocycles. The van der Waals surface area contributed by atoms with E-state index in [0.717, 1.165) is 17.7 Å². The summed E-state index contributed by atoms with van der Waals surface area (Å²) in [6.45, 7) is 0.623. The van der Waals surface area contributed by atoms with E-state index in [0.29, 0.717) is 12.5 Å². The number of benzene rings is 1. The van der Waals surface area contributed by atoms with Gasteiger partial charge in [-0.15, -0.1) is 11.6 Å². The van der Waals surface area contributed by atoms with Crippen LogP contribution in [0.25, 0.3) is 0 Å². The number of hydrogen-bond donors (Lipinski definition) is 0. The Morgan fingerprint density at radius 3 is 2.79 bits per heavy atom. The number of alkyl halides is 1. The summed E-state index contributed by atoms with van der Waals surface area (Å²) in [5.41, 5.74) is 2.08. The van der Waals surface area contributed by atoms with E-state index in [4.69, 9.17) is 16.3 Å². The van der Waals surface area contributed by atoms with E-state index in [9.17, 15) is 0 Å². The van der Waals surface area contributed by atoms with E-state index in [1.807, 2.05) is 24.3 Å². The van der Waals surface area contributed by atoms with Gasteiger partial charge in [-0.25, -0.2) is 0 Å². The molecule has 2 rings (SSSR count). The van der Waals surface area contributed by atoms with Gasteiger partial charge in [-0.3, -0.25) is 4.98 Å². The number of rotatable bonds is 4. The van der Waals surface area contributed by atoms with Crippen molar-refractivity contribution < 1.29 is 4.74 Å². The van der Waals surface area contributed by atoms with Gasteiger partial charge in [0.2, 0.25) is 0 Å². The highest BCUT2D eigenvalue weighted by atomic mass is 35.5. The molecule has 2 nitrogen and oxygen atoms in total. The second kappa shape index (κ2) is 7.45. The van der Waals surface area contributed by atoms with Crippen LogP contribution in [0.4, 0.5) is 0 Å². The Morgan fingerprint density at radius 2 is 2.00 bits per heavy atom. The fraction of sp³-hybridized carbons (Fsp3) is 0.188. The molecular weight excluding hydrogens is 258 g/mol. The average Bonchev–Trinajstić information content (AvgIpc) is 2.47. The van der Waals surface area contributed by atoms with Crippen molar-refractivity contribution in [1.82, 2.24) is 4.98 Å². The maximum Gasteiger partial charge on any atom is 0.138 e. The third kappa shape index (κ3) is 4.65. The van der Waals surface area contributed by atoms with Crippen molar-refractivity contribution in [2.75, 3.05) is 12.5 Å². The minimum atomic E-state index is 0.319. The molecule has 0 bridgehead atoms. The summed E-state index contributed by atoms with van der Waals surface area (Å²) in [6.07, 6.45) is 4.26. The second-order valence-electron chi connectivity index (χ2n) is 3.93. The van der Waals surface area contributed by atoms with Crippen molar-refractivity contribution in [2.24, 2.45) is 0 Å². The van der Waals surface area contributed by atoms with Crippen LogP contribution < -0.4 is 4.74 Å². The fourth-order valence-electron chi connectivity index (χ4n) is 1.63. The lowest BCUT2D eigenvalue weighted by Gasteiger charge is -2.06. The van der Waals surface area contributed by atoms with Crippen molar-refractivity contribution in [3.05, 3.63) is 59.9 Å². The van der Waals surface area contributed by atoms with Gasteiger partial charge < -0.3 is 4.74 Å². The summed E-state index contributed by atoms with van der Waals surface area (Å²) >= 11 is 5.52. The molecule has 3 heteroatoms. The van der Waals surface area contributed by atoms with E-state index in [1.165, 1.54) is 5.56 Å². The molecule has 1 aromatic carbocycles. The van der Waals surface area contributed by atoms with Crippen LogP contribution in [-0.4, -0.2) is 17.5 Å². The van der Waals surface area contributed by atoms with Crippen LogP contribution in [0.15, 0.2) is 48.8 Å². The SMILES string of the molecule is ClCC#Cc1cncc(OCCc2ccccc2)c1. The zero-order chi connectivity index (χ0) is 13.3. The molecule has 0 aliphatic carbocycles. The first-order chi connectivity index (χ1) is 9.38. The summed E-state index contributed by atoms with van der Waals surface area (Å²) < 4.78 is 5.67. The summed E-state index contributed by atoms with van der Waals surface area (Å²) in [7, 11) is 0. The quantitative estimate of drug-likeness (QED) is 0.629. The minimum absolute atomic E-state index is 0.319. The molecule has 0 saturated carbocycles. The number of pyridine rings is 1. The zero-order valence-corrected chi connectivity index (χ0v) is 11.2. The van der Waals surface area contributed by atoms with Gasteiger partial charge in [-0.05, 0) is 11.6 Å². The second-order valence-corrected chi connectivity index (χ2v) is 4.20. The lowest BCUT2D eigenvalue weighted by atomic mass is 10.2. The van der Waals surface area contributed by atoms with Crippen LogP contribution in [0.5, 0.6) is 5.75 Å². The normalized spacial score (nSPS) is 9.53. The van der Waals surface area contributed by atoms with Gasteiger partial charge in [0.25, 0.3) is 0 Å². The molecule has 0 aliphatic rings. The van der Waals surface area contributed by atoms with Gasteiger partial charge in [0.1, 0.15) is 5.75 Å². The summed E-state index contributed by atoms with van der Waals surface area (Å²) in [4.78, 5) is 4.09. The van der Waals surface area contributed by atoms with Crippen LogP contribution in [0.1, 0.15) is 11.1 Å². The first-order valence-corrected chi connectivity index (χ1v) is 6.58. The van der Waals surface area contributed by atoms with Crippen LogP contribution >= 0.6 is 11.6 Å². The molecule has 0 spiro atoms. The predicted octanol–water partition coefficient (Wildman–Crippen LogP) is 3.29. The molecule has 0 fully saturated rings. The summed E-state index contributed by atoms with van der Waals surface area (Å²) in [5, 5.41) is 0. The highest BCUT2D eigenvalue weighted by molar-refractivity contribution is 6.19. The lowest BCUT2D eigenvalue weighted by molar-refractivity contribution is 0.320. The van der Waals surface area contributed by atoms with Crippen LogP contribution in [-0.2, 0) is 6.42 Å². The molecule has 1 aromatic heterocycles. The molecule has 0 atom stereocenters. The van der Waals surface area contributed by atoms with E-state index in [2.05, 4.69) is 29.0 Å². The van der Waals surface area contributed by atoms with Crippen LogP contribution in [0.3, 0.4) is 0 Å². The standard InChI is InChI=1S/C16H14ClNO/c17-9-4-7-15-11-16(13-18-12-15)19-10-8-14-5-2-1-3-6-14/h1-3,5-6,11-13H,8-10H2. The first-order valence-electron chi connectivity index (χ1n) is 6.05. The number of nitrogens with zero attached hydrogens (tertiary/aromatic N) is 1. The average molecular weight is 272 g/mol. The molecule has 2 aromatic rings. The molecule has 0 saturated heterocycles. The Morgan fingerprint density at radius 1 is 1.16 bits per heavy atom. The Kier molecular flexibility index (Phi) is 5.28. The van der Waals surface area contributed by atoms with Crippen molar-refractivity contribution >= 4 is 11.6 Å². The largest absolute Gasteiger partial charge is 0.492 e. The number of hydrogen-bond acceptors (Lipinski definition) is 2. The molecule has 0 amide bonds. The molecule has 0 radical (unpaired) electrons. The number of ether oxygens (including phenoxy) is 1. The number of halogens is 1. The maximum absolute atomic E-state index is 5.67. The van der Waals surface area contributed by atoms with Gasteiger partial charge >= 0.3 is 0 Å². The molecule has 19 heavy (non-hydrogen) atoms. The lowest BCUT2D eigenvalue weighted by Crippen LogP contribution is -2.01. The zero-order valence-electron chi connectivity index (χ0n) is 10.5. The van der Waals surface area contributed by atoms with E-state index in [-0.39, 0.29) is 0 Å². The highest BCUT2D eigenvalue weighted by Crippen LogP contribution is 2.11. The molecule has 96 valence electrons. The van der Waals surface area contributed by atoms with Gasteiger partial charge in [0, 0.05) is 18.2 Å². The van der Waals surface area contributed by atoms with Crippen molar-refractivity contribution in [1.29, 1.82) is 0 Å². The monoisotopic (exact) mass is 271 g/mol. The molecule has 0 unspecified atom stereocenters. The van der Waals surface area contributed by atoms with E-state index >= 15 is 0 Å².